The molecule has 6 rings (SSSR count). The van der Waals surface area contributed by atoms with Crippen LogP contribution in [0.5, 0.6) is 0 Å². The molecule has 4 saturated carbocycles. The Morgan fingerprint density at radius 3 is 2.06 bits per heavy atom. The Morgan fingerprint density at radius 1 is 0.923 bits per heavy atom. The number of rotatable bonds is 13. The molecule has 1 aromatic rings. The van der Waals surface area contributed by atoms with Gasteiger partial charge >= 0.3 is 18.1 Å². The number of esters is 1. The molecule has 4 fully saturated rings. The highest BCUT2D eigenvalue weighted by Gasteiger charge is 2.71. The average molecular weight is 938 g/mol. The number of carboxylic acids is 2. The second-order valence-electron chi connectivity index (χ2n) is 23.7. The summed E-state index contributed by atoms with van der Waals surface area (Å²) in [7, 11) is 6.63. The molecular weight excluding hydrogens is 861 g/mol. The molecular formula is C51H76ClF3N2O8. The summed E-state index contributed by atoms with van der Waals surface area (Å²) in [6.45, 7) is 22.7. The van der Waals surface area contributed by atoms with Gasteiger partial charge in [0.25, 0.3) is 0 Å². The number of allylic oxidation sites excluding steroid dienone is 1. The van der Waals surface area contributed by atoms with Crippen molar-refractivity contribution in [2.45, 2.75) is 151 Å². The van der Waals surface area contributed by atoms with E-state index in [1.54, 1.807) is 13.8 Å². The molecule has 0 unspecified atom stereocenters. The van der Waals surface area contributed by atoms with E-state index in [0.717, 1.165) is 74.5 Å². The molecule has 0 aromatic heterocycles. The number of fused-ring (bicyclic) bond motifs is 7. The number of likely N-dealkylation sites (N-methyl/N-ethyl adjacent to an activating group) is 1. The minimum absolute atomic E-state index is 0.0320. The molecule has 0 radical (unpaired) electrons. The number of carbonyl (C=O) groups is 4. The van der Waals surface area contributed by atoms with E-state index in [-0.39, 0.29) is 51.8 Å². The van der Waals surface area contributed by atoms with Crippen LogP contribution in [0.1, 0.15) is 132 Å². The van der Waals surface area contributed by atoms with Crippen LogP contribution in [0.4, 0.5) is 13.2 Å². The number of hydrogen-bond acceptors (Lipinski definition) is 8. The molecule has 366 valence electrons. The Bertz CT molecular complexity index is 1990. The summed E-state index contributed by atoms with van der Waals surface area (Å²) < 4.78 is 38.6. The zero-order chi connectivity index (χ0) is 49.1. The highest BCUT2D eigenvalue weighted by molar-refractivity contribution is 6.30. The molecule has 14 heteroatoms. The highest BCUT2D eigenvalue weighted by atomic mass is 35.5. The van der Waals surface area contributed by atoms with Crippen molar-refractivity contribution in [3.05, 3.63) is 46.0 Å². The van der Waals surface area contributed by atoms with Crippen molar-refractivity contribution in [3.63, 3.8) is 0 Å². The van der Waals surface area contributed by atoms with E-state index in [4.69, 9.17) is 26.2 Å². The van der Waals surface area contributed by atoms with Gasteiger partial charge in [-0.3, -0.25) is 19.3 Å². The first-order chi connectivity index (χ1) is 29.7. The van der Waals surface area contributed by atoms with Crippen LogP contribution in [-0.2, 0) is 30.5 Å². The van der Waals surface area contributed by atoms with Crippen molar-refractivity contribution in [2.75, 3.05) is 40.8 Å². The topological polar surface area (TPSA) is 144 Å². The molecule has 0 heterocycles. The van der Waals surface area contributed by atoms with Gasteiger partial charge in [0.15, 0.2) is 5.78 Å². The van der Waals surface area contributed by atoms with E-state index in [1.165, 1.54) is 11.1 Å². The van der Waals surface area contributed by atoms with Crippen LogP contribution in [0.15, 0.2) is 35.4 Å². The van der Waals surface area contributed by atoms with Gasteiger partial charge in [-0.15, -0.1) is 0 Å². The van der Waals surface area contributed by atoms with Gasteiger partial charge in [-0.2, -0.15) is 13.2 Å². The number of aliphatic carboxylic acids is 2. The van der Waals surface area contributed by atoms with Gasteiger partial charge in [0.2, 0.25) is 0 Å². The van der Waals surface area contributed by atoms with Gasteiger partial charge in [-0.25, -0.2) is 0 Å². The Kier molecular flexibility index (Phi) is 15.1. The van der Waals surface area contributed by atoms with Crippen LogP contribution in [0.3, 0.4) is 0 Å². The lowest BCUT2D eigenvalue weighted by molar-refractivity contribution is -0.869. The van der Waals surface area contributed by atoms with E-state index in [9.17, 15) is 37.8 Å². The number of quaternary nitrogens is 1. The maximum atomic E-state index is 14.4. The lowest BCUT2D eigenvalue weighted by Crippen LogP contribution is -2.66. The molecule has 5 aliphatic rings. The maximum Gasteiger partial charge on any atom is 0.430 e. The molecule has 0 aliphatic heterocycles. The van der Waals surface area contributed by atoms with Crippen molar-refractivity contribution in [1.29, 1.82) is 0 Å². The predicted octanol–water partition coefficient (Wildman–Crippen LogP) is 8.90. The number of ether oxygens (including phenoxy) is 1. The minimum Gasteiger partial charge on any atom is -0.542 e. The van der Waals surface area contributed by atoms with E-state index < -0.39 is 41.0 Å². The zero-order valence-electron chi connectivity index (χ0n) is 40.9. The predicted molar refractivity (Wildman–Crippen MR) is 242 cm³/mol. The summed E-state index contributed by atoms with van der Waals surface area (Å²) in [4.78, 5) is 50.5. The number of aliphatic hydroxyl groups is 1. The van der Waals surface area contributed by atoms with Gasteiger partial charge in [-0.05, 0) is 128 Å². The van der Waals surface area contributed by atoms with Crippen LogP contribution in [0.2, 0.25) is 5.02 Å². The maximum absolute atomic E-state index is 14.4. The Morgan fingerprint density at radius 2 is 1.52 bits per heavy atom. The molecule has 1 aromatic carbocycles. The third-order valence-electron chi connectivity index (χ3n) is 17.6. The van der Waals surface area contributed by atoms with Gasteiger partial charge in [0.1, 0.15) is 12.1 Å². The van der Waals surface area contributed by atoms with Gasteiger partial charge in [0.05, 0.1) is 45.6 Å². The number of carboxylic acid groups (broad SMARTS) is 2. The lowest BCUT2D eigenvalue weighted by Gasteiger charge is -2.72. The summed E-state index contributed by atoms with van der Waals surface area (Å²) in [5.41, 5.74) is 1.55. The standard InChI is InChI=1S/C49H75ClN2O6.C2HF3O2/c1-31(2)41-35(53)27-49(38(54)30-51(25-26-52(10,11)12)29-32-13-15-33(50)16-14-32)24-23-47(8)34(42(41)49)17-18-37-46(7)21-20-39(58-40(55)28-44(3,4)43(56)57)45(5,6)36(46)19-22-48(37,47)9;3-2(4,5)1(6)7/h13-16,31,34,36-39,54H,17-30H2,1-12H3;(H,6,7)/t34-,36+,37-,38+,39+,46+,47-,48-,49+;/m1./s1. The number of nitrogens with zero attached hydrogens (tertiary/aromatic N) is 2. The van der Waals surface area contributed by atoms with Crippen molar-refractivity contribution in [3.8, 4) is 0 Å². The summed E-state index contributed by atoms with van der Waals surface area (Å²) in [5.74, 6) is -3.00. The van der Waals surface area contributed by atoms with E-state index >= 15 is 0 Å². The fourth-order valence-electron chi connectivity index (χ4n) is 13.9. The first-order valence-electron chi connectivity index (χ1n) is 23.6. The molecule has 65 heavy (non-hydrogen) atoms. The SMILES string of the molecule is CC(C)C1=C2[C@H]3CC[C@@H]4[C@@]5(C)CC[C@H](OC(=O)CC(C)(C)C(=O)O)C(C)(C)[C@@H]5CC[C@@]4(C)[C@]3(C)CC[C@@]2([C@@H](O)CN(CC[N+](C)(C)C)Cc2ccc(Cl)cc2)CC1=O.O=C([O-])C(F)(F)F. The van der Waals surface area contributed by atoms with Crippen LogP contribution in [-0.4, -0.2) is 102 Å². The van der Waals surface area contributed by atoms with Gasteiger partial charge < -0.3 is 29.3 Å². The Labute approximate surface area is 390 Å². The fourth-order valence-corrected chi connectivity index (χ4v) is 14.0. The monoisotopic (exact) mass is 937 g/mol. The lowest BCUT2D eigenvalue weighted by atomic mass is 9.33. The zero-order valence-corrected chi connectivity index (χ0v) is 41.7. The Balaban J connectivity index is 0.00000105. The Hall–Kier alpha value is -3.00. The second kappa shape index (κ2) is 18.5. The molecule has 0 saturated heterocycles. The number of halogens is 4. The number of alkyl halides is 3. The number of aliphatic hydroxyl groups excluding tert-OH is 1. The minimum atomic E-state index is -5.19. The number of benzene rings is 1. The normalized spacial score (nSPS) is 32.7. The number of ketones is 1. The van der Waals surface area contributed by atoms with E-state index in [2.05, 4.69) is 86.6 Å². The molecule has 0 spiro atoms. The number of hydrogen-bond donors (Lipinski definition) is 2. The van der Waals surface area contributed by atoms with Crippen molar-refractivity contribution in [2.24, 2.45) is 56.2 Å². The first kappa shape index (κ1) is 53.0. The summed E-state index contributed by atoms with van der Waals surface area (Å²) in [6, 6.07) is 8.04. The molecule has 0 amide bonds. The largest absolute Gasteiger partial charge is 0.542 e. The van der Waals surface area contributed by atoms with Gasteiger partial charge in [-0.1, -0.05) is 77.8 Å². The fraction of sp³-hybridized carbons (Fsp3) is 0.765. The third-order valence-corrected chi connectivity index (χ3v) is 17.8. The van der Waals surface area contributed by atoms with Crippen LogP contribution in [0.25, 0.3) is 0 Å². The van der Waals surface area contributed by atoms with Gasteiger partial charge in [0, 0.05) is 41.9 Å². The molecule has 9 atom stereocenters. The summed E-state index contributed by atoms with van der Waals surface area (Å²) in [5, 5.41) is 31.9. The molecule has 5 aliphatic carbocycles. The second-order valence-corrected chi connectivity index (χ2v) is 24.2. The highest BCUT2D eigenvalue weighted by Crippen LogP contribution is 2.77. The first-order valence-corrected chi connectivity index (χ1v) is 24.0. The number of Topliss-reactive ketones (excluding diaryl/α,β-unsaturated/α-hetero) is 1. The van der Waals surface area contributed by atoms with E-state index in [0.29, 0.717) is 36.4 Å². The van der Waals surface area contributed by atoms with Crippen molar-refractivity contribution < 1.29 is 56.9 Å². The van der Waals surface area contributed by atoms with Crippen LogP contribution < -0.4 is 5.11 Å². The van der Waals surface area contributed by atoms with E-state index in [1.807, 2.05) is 12.1 Å². The molecule has 0 bridgehead atoms. The molecule has 10 nitrogen and oxygen atoms in total. The number of carbonyl (C=O) groups excluding carboxylic acids is 3. The van der Waals surface area contributed by atoms with Crippen molar-refractivity contribution >= 4 is 35.3 Å². The molecule has 2 N–H and O–H groups in total. The summed E-state index contributed by atoms with van der Waals surface area (Å²) in [6.07, 6.45) is 1.95. The average Bonchev–Trinajstić information content (AvgIpc) is 3.48. The smallest absolute Gasteiger partial charge is 0.430 e. The quantitative estimate of drug-likeness (QED) is 0.146. The van der Waals surface area contributed by atoms with Crippen LogP contribution in [0, 0.1) is 56.2 Å². The summed E-state index contributed by atoms with van der Waals surface area (Å²) >= 11 is 6.26. The van der Waals surface area contributed by atoms with Crippen molar-refractivity contribution in [1.82, 2.24) is 4.90 Å². The van der Waals surface area contributed by atoms with Crippen LogP contribution >= 0.6 is 11.6 Å². The third kappa shape index (κ3) is 10.2.